The fraction of sp³-hybridized carbons (Fsp3) is 0.556. The van der Waals surface area contributed by atoms with Crippen LogP contribution in [0.5, 0.6) is 0 Å². The van der Waals surface area contributed by atoms with Crippen LogP contribution in [0.1, 0.15) is 11.5 Å². The average Bonchev–Trinajstić information content (AvgIpc) is 3.40. The Labute approximate surface area is 111 Å². The number of hydrogen-bond acceptors (Lipinski definition) is 2. The van der Waals surface area contributed by atoms with Gasteiger partial charge in [-0.15, -0.1) is 0 Å². The first-order valence-corrected chi connectivity index (χ1v) is 14.6. The van der Waals surface area contributed by atoms with Crippen LogP contribution in [0.2, 0.25) is 38.5 Å². The van der Waals surface area contributed by atoms with E-state index in [1.54, 1.807) is 0 Å². The molecule has 0 amide bonds. The summed E-state index contributed by atoms with van der Waals surface area (Å²) in [7, 11) is 0. The van der Waals surface area contributed by atoms with Crippen LogP contribution in [0.25, 0.3) is 0 Å². The van der Waals surface area contributed by atoms with Crippen molar-refractivity contribution in [3.05, 3.63) is 48.3 Å². The second kappa shape index (κ2) is 0.705. The topological polar surface area (TPSA) is 26.3 Å². The molecule has 10 fully saturated rings. The van der Waals surface area contributed by atoms with Gasteiger partial charge in [-0.05, 0) is 0 Å². The molecule has 106 valence electrons. The van der Waals surface area contributed by atoms with Gasteiger partial charge >= 0.3 is 111 Å². The van der Waals surface area contributed by atoms with Gasteiger partial charge in [0.25, 0.3) is 0 Å². The van der Waals surface area contributed by atoms with Crippen molar-refractivity contribution in [1.82, 2.24) is 0 Å². The fourth-order valence-electron chi connectivity index (χ4n) is 18.9. The van der Waals surface area contributed by atoms with Gasteiger partial charge in [0.15, 0.2) is 0 Å². The first kappa shape index (κ1) is 7.57. The van der Waals surface area contributed by atoms with Gasteiger partial charge in [0.2, 0.25) is 0 Å². The SMILES string of the molecule is c1coc([C]23[CH]4[CH]5[CH]6[CH]2[Fe]56432789[CH]3[CH]2[CH]7[C]8(c2ccco2)[CH]39)c1. The van der Waals surface area contributed by atoms with Crippen LogP contribution in [0.4, 0.5) is 0 Å². The van der Waals surface area contributed by atoms with Crippen molar-refractivity contribution < 1.29 is 15.3 Å². The van der Waals surface area contributed by atoms with E-state index in [1.165, 1.54) is 50.1 Å². The Morgan fingerprint density at radius 2 is 1.14 bits per heavy atom. The first-order valence-electron chi connectivity index (χ1n) is 8.43. The van der Waals surface area contributed by atoms with Crippen molar-refractivity contribution in [2.75, 3.05) is 0 Å². The number of fused-ring (bicyclic) bond motifs is 10. The Morgan fingerprint density at radius 1 is 0.714 bits per heavy atom. The van der Waals surface area contributed by atoms with E-state index in [9.17, 15) is 0 Å². The van der Waals surface area contributed by atoms with E-state index in [1.807, 2.05) is 12.5 Å². The molecule has 0 aromatic carbocycles. The van der Waals surface area contributed by atoms with Gasteiger partial charge < -0.3 is 0 Å². The number of rotatable bonds is 2. The zero-order chi connectivity index (χ0) is 12.7. The van der Waals surface area contributed by atoms with Gasteiger partial charge in [-0.2, -0.15) is 0 Å². The minimum atomic E-state index is -3.43. The standard InChI is InChI=1S/2C9H7O.Fe/c2*1-2-5-8(4-1)9-6-3-7-10-9;/h2*1-7H;. The van der Waals surface area contributed by atoms with E-state index in [2.05, 4.69) is 24.3 Å². The van der Waals surface area contributed by atoms with Crippen LogP contribution in [-0.4, -0.2) is 0 Å². The fourth-order valence-corrected chi connectivity index (χ4v) is 94.5. The van der Waals surface area contributed by atoms with Crippen LogP contribution >= 0.6 is 0 Å². The van der Waals surface area contributed by atoms with Crippen LogP contribution in [-0.2, 0) is 15.1 Å². The van der Waals surface area contributed by atoms with Gasteiger partial charge in [0, 0.05) is 0 Å². The van der Waals surface area contributed by atoms with Crippen molar-refractivity contribution in [3.63, 3.8) is 0 Å². The van der Waals surface area contributed by atoms with Crippen molar-refractivity contribution in [1.29, 1.82) is 0 Å². The molecule has 10 aliphatic heterocycles. The third-order valence-corrected chi connectivity index (χ3v) is 59.3. The zero-order valence-electron chi connectivity index (χ0n) is 11.3. The zero-order valence-corrected chi connectivity index (χ0v) is 12.4. The molecule has 0 bridgehead atoms. The molecule has 8 atom stereocenters. The Balaban J connectivity index is 1.51. The van der Waals surface area contributed by atoms with Gasteiger partial charge in [-0.3, -0.25) is 0 Å². The van der Waals surface area contributed by atoms with Gasteiger partial charge in [-0.1, -0.05) is 0 Å². The number of furan rings is 2. The molecule has 1 spiro atoms. The molecule has 0 N–H and O–H groups in total. The van der Waals surface area contributed by atoms with E-state index < -0.39 is 6.51 Å². The predicted molar refractivity (Wildman–Crippen MR) is 70.8 cm³/mol. The van der Waals surface area contributed by atoms with Crippen molar-refractivity contribution in [3.8, 4) is 0 Å². The average molecular weight is 318 g/mol. The Kier molecular flexibility index (Phi) is 0.254. The summed E-state index contributed by atoms with van der Waals surface area (Å²) in [5, 5.41) is 0. The van der Waals surface area contributed by atoms with Gasteiger partial charge in [0.1, 0.15) is 0 Å². The van der Waals surface area contributed by atoms with Crippen LogP contribution in [0.3, 0.4) is 0 Å². The van der Waals surface area contributed by atoms with Crippen molar-refractivity contribution >= 4 is 0 Å². The summed E-state index contributed by atoms with van der Waals surface area (Å²) in [6.45, 7) is -3.43. The normalized spacial score (nSPS) is 102. The second-order valence-corrected chi connectivity index (χ2v) is 34.9. The summed E-state index contributed by atoms with van der Waals surface area (Å²) in [5.41, 5.74) is 0. The molecule has 2 nitrogen and oxygen atoms in total. The molecule has 8 unspecified atom stereocenters. The molecule has 10 aliphatic rings. The van der Waals surface area contributed by atoms with E-state index in [0.717, 1.165) is 0 Å². The molecule has 10 saturated heterocycles. The van der Waals surface area contributed by atoms with E-state index in [-0.39, 0.29) is 0 Å². The van der Waals surface area contributed by atoms with Crippen LogP contribution < -0.4 is 0 Å². The Hall–Kier alpha value is -0.921. The molecule has 12 heterocycles. The maximum atomic E-state index is 6.13. The molecular formula is C18H14FeO2. The molecule has 0 radical (unpaired) electrons. The summed E-state index contributed by atoms with van der Waals surface area (Å²) in [6.07, 6.45) is 3.89. The monoisotopic (exact) mass is 318 g/mol. The van der Waals surface area contributed by atoms with Gasteiger partial charge in [0.05, 0.1) is 0 Å². The summed E-state index contributed by atoms with van der Waals surface area (Å²) in [4.78, 5) is 9.80. The Bertz CT molecular complexity index is 1270. The summed E-state index contributed by atoms with van der Waals surface area (Å²) in [5.74, 6) is 2.92. The summed E-state index contributed by atoms with van der Waals surface area (Å²) in [6, 6.07) is 9.02. The molecule has 21 heavy (non-hydrogen) atoms. The molecule has 0 saturated carbocycles. The minimum absolute atomic E-state index is 0.671. The molecule has 0 aliphatic carbocycles. The third-order valence-electron chi connectivity index (χ3n) is 16.6. The quantitative estimate of drug-likeness (QED) is 0.745. The van der Waals surface area contributed by atoms with Crippen LogP contribution in [0.15, 0.2) is 45.6 Å². The molecule has 12 rings (SSSR count). The first-order chi connectivity index (χ1) is 10.1. The van der Waals surface area contributed by atoms with E-state index in [4.69, 9.17) is 8.83 Å². The van der Waals surface area contributed by atoms with Gasteiger partial charge in [-0.25, -0.2) is 0 Å². The van der Waals surface area contributed by atoms with Crippen molar-refractivity contribution in [2.24, 2.45) is 0 Å². The molecular weight excluding hydrogens is 304 g/mol. The number of hydrogen-bond donors (Lipinski definition) is 0. The Morgan fingerprint density at radius 3 is 1.43 bits per heavy atom. The summed E-state index contributed by atoms with van der Waals surface area (Å²) >= 11 is 0. The molecule has 2 aromatic rings. The maximum absolute atomic E-state index is 6.13. The third kappa shape index (κ3) is 0.0883. The van der Waals surface area contributed by atoms with Crippen LogP contribution in [0, 0.1) is 0 Å². The van der Waals surface area contributed by atoms with E-state index in [0.29, 0.717) is 8.63 Å². The predicted octanol–water partition coefficient (Wildman–Crippen LogP) is 4.78. The van der Waals surface area contributed by atoms with E-state index >= 15 is 0 Å². The molecule has 3 heteroatoms. The molecule has 2 aromatic heterocycles. The van der Waals surface area contributed by atoms with Crippen molar-refractivity contribution in [2.45, 2.75) is 47.2 Å². The summed E-state index contributed by atoms with van der Waals surface area (Å²) < 4.78 is 13.6. The second-order valence-electron chi connectivity index (χ2n) is 11.7.